The molecular weight excluding hydrogens is 374 g/mol. The number of ether oxygens (including phenoxy) is 1. The van der Waals surface area contributed by atoms with E-state index in [4.69, 9.17) is 4.74 Å². The summed E-state index contributed by atoms with van der Waals surface area (Å²) >= 11 is 1.42. The Morgan fingerprint density at radius 1 is 1.38 bits per heavy atom. The van der Waals surface area contributed by atoms with E-state index >= 15 is 0 Å². The molecule has 0 saturated heterocycles. The van der Waals surface area contributed by atoms with Crippen molar-refractivity contribution in [2.45, 2.75) is 24.4 Å². The predicted octanol–water partition coefficient (Wildman–Crippen LogP) is 1.49. The van der Waals surface area contributed by atoms with Crippen LogP contribution in [0.1, 0.15) is 16.1 Å². The first-order valence-corrected chi connectivity index (χ1v) is 10.5. The smallest absolute Gasteiger partial charge is 0.248 e. The Morgan fingerprint density at radius 2 is 2.19 bits per heavy atom. The zero-order chi connectivity index (χ0) is 18.7. The monoisotopic (exact) mass is 395 g/mol. The van der Waals surface area contributed by atoms with Crippen LogP contribution in [0.4, 0.5) is 0 Å². The van der Waals surface area contributed by atoms with Crippen LogP contribution >= 0.6 is 11.3 Å². The molecule has 2 heterocycles. The molecule has 1 aliphatic rings. The fraction of sp³-hybridized carbons (Fsp3) is 0.412. The van der Waals surface area contributed by atoms with Crippen molar-refractivity contribution in [3.63, 3.8) is 0 Å². The van der Waals surface area contributed by atoms with E-state index in [2.05, 4.69) is 4.98 Å². The number of fused-ring (bicyclic) bond motifs is 1. The van der Waals surface area contributed by atoms with E-state index in [0.717, 1.165) is 16.1 Å². The van der Waals surface area contributed by atoms with E-state index in [0.29, 0.717) is 19.5 Å². The molecule has 0 spiro atoms. The van der Waals surface area contributed by atoms with Gasteiger partial charge < -0.3 is 9.64 Å². The number of amides is 1. The topological polar surface area (TPSA) is 79.8 Å². The number of sulfonamides is 1. The number of benzene rings is 1. The van der Waals surface area contributed by atoms with Gasteiger partial charge in [0.05, 0.1) is 11.4 Å². The van der Waals surface area contributed by atoms with Crippen LogP contribution in [0.5, 0.6) is 0 Å². The number of hydrogen-bond acceptors (Lipinski definition) is 6. The molecule has 7 nitrogen and oxygen atoms in total. The lowest BCUT2D eigenvalue weighted by atomic mass is 10.00. The standard InChI is InChI=1S/C17H21N3O4S2/c1-19(11-16-18-6-8-25-16)26(22,23)15-4-3-13-5-7-20(10-14(13)9-15)17(21)12-24-2/h3-4,6,8-9H,5,7,10-12H2,1-2H3. The normalized spacial score (nSPS) is 14.5. The van der Waals surface area contributed by atoms with E-state index in [-0.39, 0.29) is 24.0 Å². The average molecular weight is 396 g/mol. The van der Waals surface area contributed by atoms with E-state index in [1.54, 1.807) is 30.3 Å². The van der Waals surface area contributed by atoms with E-state index in [9.17, 15) is 13.2 Å². The summed E-state index contributed by atoms with van der Waals surface area (Å²) in [7, 11) is -0.594. The Kier molecular flexibility index (Phi) is 5.71. The lowest BCUT2D eigenvalue weighted by Crippen LogP contribution is -2.38. The molecule has 140 valence electrons. The maximum atomic E-state index is 12.9. The van der Waals surface area contributed by atoms with Crippen LogP contribution in [0.3, 0.4) is 0 Å². The van der Waals surface area contributed by atoms with Gasteiger partial charge in [-0.05, 0) is 29.7 Å². The SMILES string of the molecule is COCC(=O)N1CCc2ccc(S(=O)(=O)N(C)Cc3nccs3)cc2C1. The number of rotatable bonds is 6. The Labute approximate surface area is 157 Å². The minimum absolute atomic E-state index is 0.0316. The summed E-state index contributed by atoms with van der Waals surface area (Å²) in [6.45, 7) is 1.28. The molecule has 1 amide bonds. The van der Waals surface area contributed by atoms with Gasteiger partial charge in [-0.15, -0.1) is 11.3 Å². The highest BCUT2D eigenvalue weighted by Crippen LogP contribution is 2.25. The Balaban J connectivity index is 1.81. The summed E-state index contributed by atoms with van der Waals surface area (Å²) < 4.78 is 31.9. The molecule has 0 radical (unpaired) electrons. The van der Waals surface area contributed by atoms with Crippen LogP contribution < -0.4 is 0 Å². The Bertz CT molecular complexity index is 881. The maximum absolute atomic E-state index is 12.9. The van der Waals surface area contributed by atoms with Crippen LogP contribution in [0.25, 0.3) is 0 Å². The van der Waals surface area contributed by atoms with Crippen molar-refractivity contribution in [3.05, 3.63) is 45.9 Å². The van der Waals surface area contributed by atoms with E-state index in [1.165, 1.54) is 22.8 Å². The quantitative estimate of drug-likeness (QED) is 0.740. The van der Waals surface area contributed by atoms with Crippen LogP contribution in [0, 0.1) is 0 Å². The number of aromatic nitrogens is 1. The van der Waals surface area contributed by atoms with Gasteiger partial charge in [0.2, 0.25) is 15.9 Å². The van der Waals surface area contributed by atoms with Crippen molar-refractivity contribution in [2.75, 3.05) is 27.3 Å². The summed E-state index contributed by atoms with van der Waals surface area (Å²) in [4.78, 5) is 18.1. The number of methoxy groups -OCH3 is 1. The van der Waals surface area contributed by atoms with Crippen molar-refractivity contribution in [2.24, 2.45) is 0 Å². The third-order valence-corrected chi connectivity index (χ3v) is 6.92. The molecule has 2 aromatic rings. The summed E-state index contributed by atoms with van der Waals surface area (Å²) in [5.74, 6) is -0.0905. The molecule has 1 aromatic heterocycles. The molecule has 0 unspecified atom stereocenters. The van der Waals surface area contributed by atoms with Gasteiger partial charge in [-0.25, -0.2) is 13.4 Å². The Morgan fingerprint density at radius 3 is 2.88 bits per heavy atom. The summed E-state index contributed by atoms with van der Waals surface area (Å²) in [5.41, 5.74) is 1.94. The van der Waals surface area contributed by atoms with Crippen LogP contribution in [0.15, 0.2) is 34.7 Å². The number of hydrogen-bond donors (Lipinski definition) is 0. The fourth-order valence-corrected chi connectivity index (χ4v) is 4.84. The lowest BCUT2D eigenvalue weighted by Gasteiger charge is -2.29. The van der Waals surface area contributed by atoms with Crippen molar-refractivity contribution >= 4 is 27.3 Å². The number of carbonyl (C=O) groups excluding carboxylic acids is 1. The van der Waals surface area contributed by atoms with Crippen molar-refractivity contribution in [1.29, 1.82) is 0 Å². The fourth-order valence-electron chi connectivity index (χ4n) is 2.91. The molecule has 0 fully saturated rings. The molecule has 1 aliphatic heterocycles. The van der Waals surface area contributed by atoms with Crippen molar-refractivity contribution < 1.29 is 17.9 Å². The van der Waals surface area contributed by atoms with Gasteiger partial charge in [0.15, 0.2) is 0 Å². The largest absolute Gasteiger partial charge is 0.375 e. The zero-order valence-electron chi connectivity index (χ0n) is 14.7. The lowest BCUT2D eigenvalue weighted by molar-refractivity contribution is -0.136. The second-order valence-corrected chi connectivity index (χ2v) is 9.14. The zero-order valence-corrected chi connectivity index (χ0v) is 16.3. The molecule has 0 N–H and O–H groups in total. The summed E-state index contributed by atoms with van der Waals surface area (Å²) in [6, 6.07) is 5.16. The summed E-state index contributed by atoms with van der Waals surface area (Å²) in [6.07, 6.45) is 2.37. The van der Waals surface area contributed by atoms with Gasteiger partial charge in [0, 0.05) is 38.8 Å². The molecule has 1 aromatic carbocycles. The van der Waals surface area contributed by atoms with Crippen LogP contribution in [-0.4, -0.2) is 55.8 Å². The Hall–Kier alpha value is -1.81. The van der Waals surface area contributed by atoms with Gasteiger partial charge in [0.25, 0.3) is 0 Å². The van der Waals surface area contributed by atoms with Crippen LogP contribution in [-0.2, 0) is 39.1 Å². The minimum atomic E-state index is -3.62. The maximum Gasteiger partial charge on any atom is 0.248 e. The highest BCUT2D eigenvalue weighted by molar-refractivity contribution is 7.89. The first-order valence-electron chi connectivity index (χ1n) is 8.15. The van der Waals surface area contributed by atoms with Gasteiger partial charge in [-0.3, -0.25) is 4.79 Å². The first kappa shape index (κ1) is 19.0. The number of thiazole rings is 1. The van der Waals surface area contributed by atoms with Gasteiger partial charge >= 0.3 is 0 Å². The molecular formula is C17H21N3O4S2. The molecule has 0 bridgehead atoms. The van der Waals surface area contributed by atoms with Crippen LogP contribution in [0.2, 0.25) is 0 Å². The molecule has 3 rings (SSSR count). The third-order valence-electron chi connectivity index (χ3n) is 4.36. The van der Waals surface area contributed by atoms with Gasteiger partial charge in [-0.1, -0.05) is 6.07 Å². The second kappa shape index (κ2) is 7.83. The van der Waals surface area contributed by atoms with E-state index < -0.39 is 10.0 Å². The average Bonchev–Trinajstić information content (AvgIpc) is 3.14. The second-order valence-electron chi connectivity index (χ2n) is 6.12. The molecule has 26 heavy (non-hydrogen) atoms. The number of carbonyl (C=O) groups is 1. The molecule has 0 saturated carbocycles. The molecule has 0 aliphatic carbocycles. The first-order chi connectivity index (χ1) is 12.4. The highest BCUT2D eigenvalue weighted by atomic mass is 32.2. The number of nitrogens with zero attached hydrogens (tertiary/aromatic N) is 3. The minimum Gasteiger partial charge on any atom is -0.375 e. The predicted molar refractivity (Wildman–Crippen MR) is 98.2 cm³/mol. The van der Waals surface area contributed by atoms with Gasteiger partial charge in [-0.2, -0.15) is 4.31 Å². The molecule has 9 heteroatoms. The highest BCUT2D eigenvalue weighted by Gasteiger charge is 2.25. The molecule has 0 atom stereocenters. The third kappa shape index (κ3) is 3.96. The van der Waals surface area contributed by atoms with E-state index in [1.807, 2.05) is 11.4 Å². The summed E-state index contributed by atoms with van der Waals surface area (Å²) in [5, 5.41) is 2.56. The van der Waals surface area contributed by atoms with Crippen molar-refractivity contribution in [1.82, 2.24) is 14.2 Å². The van der Waals surface area contributed by atoms with Gasteiger partial charge in [0.1, 0.15) is 11.6 Å². The van der Waals surface area contributed by atoms with Crippen molar-refractivity contribution in [3.8, 4) is 0 Å².